The minimum absolute atomic E-state index is 0.0585. The Balaban J connectivity index is 3.53. The Labute approximate surface area is 145 Å². The summed E-state index contributed by atoms with van der Waals surface area (Å²) in [5, 5.41) is 0. The van der Waals surface area contributed by atoms with E-state index in [9.17, 15) is 4.79 Å². The third-order valence-electron chi connectivity index (χ3n) is 3.52. The third-order valence-corrected chi connectivity index (χ3v) is 3.52. The van der Waals surface area contributed by atoms with Crippen LogP contribution in [0.5, 0.6) is 0 Å². The molecule has 0 saturated carbocycles. The normalized spacial score (nSPS) is 16.1. The van der Waals surface area contributed by atoms with Gasteiger partial charge in [0.05, 0.1) is 9.30 Å². The Morgan fingerprint density at radius 1 is 0.955 bits per heavy atom. The number of carbonyl (C=O) groups excluding carboxylic acids is 1. The number of unbranched alkanes of at least 4 members (excludes halogenated alkanes) is 9. The molecular weight excluding hydrogens is 272 g/mol. The first-order chi connectivity index (χ1) is 12.7. The zero-order valence-electron chi connectivity index (χ0n) is 19.1. The van der Waals surface area contributed by atoms with Crippen molar-refractivity contribution in [2.24, 2.45) is 0 Å². The van der Waals surface area contributed by atoms with Gasteiger partial charge in [-0.3, -0.25) is 4.79 Å². The van der Waals surface area contributed by atoms with Crippen molar-refractivity contribution in [2.75, 3.05) is 6.56 Å². The summed E-state index contributed by atoms with van der Waals surface area (Å²) >= 11 is 0. The lowest BCUT2D eigenvalue weighted by atomic mass is 10.1. The van der Waals surface area contributed by atoms with Gasteiger partial charge in [-0.1, -0.05) is 69.8 Å². The molecule has 0 spiro atoms. The molecular formula is C20H36O2. The zero-order valence-corrected chi connectivity index (χ0v) is 14.1. The van der Waals surface area contributed by atoms with Crippen molar-refractivity contribution in [3.05, 3.63) is 24.3 Å². The van der Waals surface area contributed by atoms with Crippen molar-refractivity contribution < 1.29 is 16.4 Å². The van der Waals surface area contributed by atoms with Gasteiger partial charge in [0.2, 0.25) is 0 Å². The molecule has 0 aliphatic rings. The molecule has 0 unspecified atom stereocenters. The summed E-state index contributed by atoms with van der Waals surface area (Å²) in [4.78, 5) is 11.5. The first-order valence-electron chi connectivity index (χ1n) is 11.2. The second-order valence-electron chi connectivity index (χ2n) is 5.59. The maximum Gasteiger partial charge on any atom is 0.305 e. The Kier molecular flexibility index (Phi) is 11.0. The first-order valence-corrected chi connectivity index (χ1v) is 8.74. The number of hydrogen-bond donors (Lipinski definition) is 0. The van der Waals surface area contributed by atoms with Gasteiger partial charge in [-0.05, 0) is 39.0 Å². The highest BCUT2D eigenvalue weighted by Crippen LogP contribution is 2.09. The van der Waals surface area contributed by atoms with E-state index in [0.717, 1.165) is 44.9 Å². The molecule has 2 nitrogen and oxygen atoms in total. The van der Waals surface area contributed by atoms with Crippen molar-refractivity contribution in [2.45, 2.75) is 90.8 Å². The molecule has 0 aromatic rings. The van der Waals surface area contributed by atoms with E-state index in [1.807, 2.05) is 0 Å². The van der Waals surface area contributed by atoms with Gasteiger partial charge in [0, 0.05) is 10.5 Å². The Morgan fingerprint density at radius 3 is 2.18 bits per heavy atom. The fraction of sp³-hybridized carbons (Fsp3) is 0.750. The van der Waals surface area contributed by atoms with Crippen LogP contribution in [0.25, 0.3) is 0 Å². The molecule has 0 N–H and O–H groups in total. The van der Waals surface area contributed by atoms with E-state index in [1.165, 1.54) is 19.3 Å². The van der Waals surface area contributed by atoms with E-state index in [2.05, 4.69) is 36.0 Å². The second kappa shape index (κ2) is 18.0. The van der Waals surface area contributed by atoms with E-state index in [4.69, 9.17) is 6.85 Å². The zero-order chi connectivity index (χ0) is 20.6. The van der Waals surface area contributed by atoms with Crippen molar-refractivity contribution in [1.29, 1.82) is 0 Å². The van der Waals surface area contributed by atoms with E-state index in [1.54, 1.807) is 0 Å². The lowest BCUT2D eigenvalue weighted by Gasteiger charge is -2.02. The monoisotopic (exact) mass is 313 g/mol. The van der Waals surface area contributed by atoms with Crippen LogP contribution in [-0.2, 0) is 9.53 Å². The molecule has 0 saturated heterocycles. The van der Waals surface area contributed by atoms with Crippen LogP contribution in [0, 0.1) is 0 Å². The van der Waals surface area contributed by atoms with Crippen LogP contribution in [0.2, 0.25) is 0 Å². The molecule has 0 heterocycles. The molecule has 0 fully saturated rings. The number of carbonyl (C=O) groups is 1. The van der Waals surface area contributed by atoms with Crippen LogP contribution in [-0.4, -0.2) is 12.5 Å². The molecule has 0 atom stereocenters. The predicted molar refractivity (Wildman–Crippen MR) is 96.0 cm³/mol. The highest BCUT2D eigenvalue weighted by molar-refractivity contribution is 5.69. The fourth-order valence-electron chi connectivity index (χ4n) is 2.21. The third kappa shape index (κ3) is 17.0. The summed E-state index contributed by atoms with van der Waals surface area (Å²) in [6.07, 6.45) is 20.7. The molecule has 0 aliphatic carbocycles. The quantitative estimate of drug-likeness (QED) is 0.200. The molecule has 0 amide bonds. The number of allylic oxidation sites excluding steroid dienone is 4. The van der Waals surface area contributed by atoms with E-state index >= 15 is 0 Å². The molecule has 2 heteroatoms. The van der Waals surface area contributed by atoms with Gasteiger partial charge in [-0.15, -0.1) is 0 Å². The highest BCUT2D eigenvalue weighted by Gasteiger charge is 2.00. The molecule has 0 aliphatic heterocycles. The van der Waals surface area contributed by atoms with Crippen LogP contribution in [0.3, 0.4) is 0 Å². The van der Waals surface area contributed by atoms with Crippen LogP contribution < -0.4 is 0 Å². The SMILES string of the molecule is [2H]C([2H])([2H])C([2H])([2H])OC(=O)CCCCCCCC/C=C/C=C/CCCCC. The highest BCUT2D eigenvalue weighted by atomic mass is 16.5. The molecule has 22 heavy (non-hydrogen) atoms. The van der Waals surface area contributed by atoms with E-state index in [0.29, 0.717) is 6.42 Å². The van der Waals surface area contributed by atoms with E-state index < -0.39 is 19.4 Å². The van der Waals surface area contributed by atoms with Crippen molar-refractivity contribution in [1.82, 2.24) is 0 Å². The van der Waals surface area contributed by atoms with Crippen LogP contribution in [0.1, 0.15) is 97.7 Å². The van der Waals surface area contributed by atoms with Crippen molar-refractivity contribution in [3.63, 3.8) is 0 Å². The predicted octanol–water partition coefficient (Wildman–Crippen LogP) is 6.36. The van der Waals surface area contributed by atoms with Crippen molar-refractivity contribution >= 4 is 5.97 Å². The van der Waals surface area contributed by atoms with Gasteiger partial charge in [0.15, 0.2) is 0 Å². The summed E-state index contributed by atoms with van der Waals surface area (Å²) in [5.74, 6) is -0.788. The fourth-order valence-corrected chi connectivity index (χ4v) is 2.21. The smallest absolute Gasteiger partial charge is 0.305 e. The maximum absolute atomic E-state index is 11.5. The summed E-state index contributed by atoms with van der Waals surface area (Å²) < 4.78 is 39.9. The minimum atomic E-state index is -2.96. The summed E-state index contributed by atoms with van der Waals surface area (Å²) in [5.41, 5.74) is 0. The van der Waals surface area contributed by atoms with Gasteiger partial charge >= 0.3 is 5.97 Å². The van der Waals surface area contributed by atoms with Crippen LogP contribution in [0.15, 0.2) is 24.3 Å². The maximum atomic E-state index is 11.5. The molecule has 0 rings (SSSR count). The largest absolute Gasteiger partial charge is 0.466 e. The minimum Gasteiger partial charge on any atom is -0.466 e. The van der Waals surface area contributed by atoms with Crippen LogP contribution >= 0.6 is 0 Å². The van der Waals surface area contributed by atoms with Gasteiger partial charge in [-0.2, -0.15) is 0 Å². The topological polar surface area (TPSA) is 26.3 Å². The number of rotatable bonds is 15. The molecule has 128 valence electrons. The number of ether oxygens (including phenoxy) is 1. The Bertz CT molecular complexity index is 442. The number of esters is 1. The summed E-state index contributed by atoms with van der Waals surface area (Å²) in [6, 6.07) is 0. The van der Waals surface area contributed by atoms with Gasteiger partial charge < -0.3 is 4.74 Å². The molecule has 0 aromatic carbocycles. The number of hydrogen-bond acceptors (Lipinski definition) is 2. The second-order valence-corrected chi connectivity index (χ2v) is 5.59. The molecule has 0 bridgehead atoms. The average Bonchev–Trinajstić information content (AvgIpc) is 2.57. The van der Waals surface area contributed by atoms with Crippen molar-refractivity contribution in [3.8, 4) is 0 Å². The molecule has 0 aromatic heterocycles. The average molecular weight is 314 g/mol. The van der Waals surface area contributed by atoms with Crippen LogP contribution in [0.4, 0.5) is 0 Å². The standard InChI is InChI=1S/C20H36O2/c1-3-5-6-7-8-9-10-11-12-13-14-15-16-17-18-19-20(21)22-4-2/h8-11H,3-7,12-19H2,1-2H3/b9-8+,11-10+/i2D3,4D2. The van der Waals surface area contributed by atoms with Gasteiger partial charge in [0.25, 0.3) is 0 Å². The lowest BCUT2D eigenvalue weighted by molar-refractivity contribution is -0.143. The first kappa shape index (κ1) is 13.4. The summed E-state index contributed by atoms with van der Waals surface area (Å²) in [7, 11) is 0. The Morgan fingerprint density at radius 2 is 1.55 bits per heavy atom. The Hall–Kier alpha value is -1.05. The van der Waals surface area contributed by atoms with Gasteiger partial charge in [-0.25, -0.2) is 0 Å². The summed E-state index contributed by atoms with van der Waals surface area (Å²) in [6.45, 7) is -3.66. The van der Waals surface area contributed by atoms with E-state index in [-0.39, 0.29) is 6.42 Å². The molecule has 0 radical (unpaired) electrons. The van der Waals surface area contributed by atoms with Gasteiger partial charge in [0.1, 0.15) is 0 Å². The lowest BCUT2D eigenvalue weighted by Crippen LogP contribution is -2.03.